The van der Waals surface area contributed by atoms with E-state index in [0.717, 1.165) is 17.0 Å². The first-order valence-corrected chi connectivity index (χ1v) is 8.41. The molecule has 4 rings (SSSR count). The molecule has 0 radical (unpaired) electrons. The number of hydrogen-bond donors (Lipinski definition) is 1. The molecule has 1 N–H and O–H groups in total. The van der Waals surface area contributed by atoms with Crippen LogP contribution in [0.5, 0.6) is 0 Å². The molecule has 24 heavy (non-hydrogen) atoms. The Morgan fingerprint density at radius 3 is 2.71 bits per heavy atom. The van der Waals surface area contributed by atoms with E-state index in [1.165, 1.54) is 11.8 Å². The van der Waals surface area contributed by atoms with E-state index >= 15 is 0 Å². The second-order valence-corrected chi connectivity index (χ2v) is 6.19. The zero-order chi connectivity index (χ0) is 16.4. The van der Waals surface area contributed by atoms with Gasteiger partial charge in [-0.1, -0.05) is 59.4 Å². The Kier molecular flexibility index (Phi) is 3.88. The number of benzene rings is 2. The number of nitrogens with one attached hydrogen (secondary N) is 1. The van der Waals surface area contributed by atoms with E-state index in [9.17, 15) is 4.79 Å². The van der Waals surface area contributed by atoms with Crippen molar-refractivity contribution in [1.82, 2.24) is 15.1 Å². The first kappa shape index (κ1) is 14.7. The van der Waals surface area contributed by atoms with Gasteiger partial charge in [0.1, 0.15) is 0 Å². The fourth-order valence-electron chi connectivity index (χ4n) is 2.39. The van der Waals surface area contributed by atoms with Gasteiger partial charge in [-0.3, -0.25) is 4.79 Å². The molecule has 0 fully saturated rings. The fraction of sp³-hybridized carbons (Fsp3) is 0.0556. The second kappa shape index (κ2) is 6.33. The summed E-state index contributed by atoms with van der Waals surface area (Å²) < 4.78 is 5.38. The summed E-state index contributed by atoms with van der Waals surface area (Å²) in [5, 5.41) is 5.24. The van der Waals surface area contributed by atoms with Crippen molar-refractivity contribution in [3.63, 3.8) is 0 Å². The van der Waals surface area contributed by atoms with Crippen molar-refractivity contribution in [2.24, 2.45) is 0 Å². The molecule has 5 nitrogen and oxygen atoms in total. The summed E-state index contributed by atoms with van der Waals surface area (Å²) in [4.78, 5) is 19.3. The van der Waals surface area contributed by atoms with Gasteiger partial charge in [-0.05, 0) is 12.1 Å². The molecule has 0 saturated carbocycles. The summed E-state index contributed by atoms with van der Waals surface area (Å²) in [6, 6.07) is 19.0. The number of H-pyrrole nitrogens is 1. The molecule has 2 aromatic heterocycles. The summed E-state index contributed by atoms with van der Waals surface area (Å²) >= 11 is 1.42. The van der Waals surface area contributed by atoms with E-state index in [4.69, 9.17) is 4.52 Å². The number of rotatable bonds is 4. The number of aromatic nitrogens is 3. The highest BCUT2D eigenvalue weighted by atomic mass is 32.2. The van der Waals surface area contributed by atoms with Gasteiger partial charge in [0.2, 0.25) is 0 Å². The maximum atomic E-state index is 12.1. The number of aromatic amines is 1. The number of nitrogens with zero attached hydrogens (tertiary/aromatic N) is 2. The highest BCUT2D eigenvalue weighted by molar-refractivity contribution is 7.98. The summed E-state index contributed by atoms with van der Waals surface area (Å²) in [6.07, 6.45) is 0. The van der Waals surface area contributed by atoms with E-state index in [0.29, 0.717) is 21.8 Å². The van der Waals surface area contributed by atoms with Crippen LogP contribution in [0.15, 0.2) is 75.1 Å². The molecule has 118 valence electrons. The summed E-state index contributed by atoms with van der Waals surface area (Å²) in [7, 11) is 0. The summed E-state index contributed by atoms with van der Waals surface area (Å²) in [6.45, 7) is 0. The minimum atomic E-state index is -0.131. The molecule has 0 aliphatic heterocycles. The monoisotopic (exact) mass is 335 g/mol. The lowest BCUT2D eigenvalue weighted by Gasteiger charge is -2.00. The average Bonchev–Trinajstić information content (AvgIpc) is 3.10. The van der Waals surface area contributed by atoms with Crippen molar-refractivity contribution in [2.45, 2.75) is 10.9 Å². The van der Waals surface area contributed by atoms with Gasteiger partial charge in [0.25, 0.3) is 5.56 Å². The quantitative estimate of drug-likeness (QED) is 0.453. The smallest absolute Gasteiger partial charge is 0.259 e. The molecule has 6 heteroatoms. The van der Waals surface area contributed by atoms with Crippen molar-refractivity contribution in [1.29, 1.82) is 0 Å². The van der Waals surface area contributed by atoms with Crippen LogP contribution in [-0.2, 0) is 5.75 Å². The van der Waals surface area contributed by atoms with Crippen LogP contribution < -0.4 is 5.56 Å². The Morgan fingerprint density at radius 1 is 1.04 bits per heavy atom. The second-order valence-electron chi connectivity index (χ2n) is 5.23. The number of hydrogen-bond acceptors (Lipinski definition) is 5. The maximum absolute atomic E-state index is 12.1. The van der Waals surface area contributed by atoms with Crippen LogP contribution >= 0.6 is 11.8 Å². The molecule has 0 unspecified atom stereocenters. The zero-order valence-corrected chi connectivity index (χ0v) is 13.4. The first-order chi connectivity index (χ1) is 11.8. The molecule has 0 amide bonds. The molecule has 0 spiro atoms. The van der Waals surface area contributed by atoms with Crippen LogP contribution in [-0.4, -0.2) is 15.1 Å². The molecule has 0 aliphatic carbocycles. The normalized spacial score (nSPS) is 11.0. The van der Waals surface area contributed by atoms with Crippen LogP contribution in [0.4, 0.5) is 0 Å². The average molecular weight is 335 g/mol. The fourth-order valence-corrected chi connectivity index (χ4v) is 3.14. The van der Waals surface area contributed by atoms with Gasteiger partial charge in [-0.2, -0.15) is 0 Å². The third-order valence-electron chi connectivity index (χ3n) is 3.57. The van der Waals surface area contributed by atoms with E-state index in [-0.39, 0.29) is 5.56 Å². The Morgan fingerprint density at radius 2 is 1.83 bits per heavy atom. The van der Waals surface area contributed by atoms with E-state index in [1.807, 2.05) is 54.6 Å². The SMILES string of the molecule is O=c1[nH]c(SCc2cc(-c3ccccc3)on2)nc2ccccc12. The lowest BCUT2D eigenvalue weighted by atomic mass is 10.2. The molecule has 2 heterocycles. The van der Waals surface area contributed by atoms with Crippen molar-refractivity contribution in [3.8, 4) is 11.3 Å². The van der Waals surface area contributed by atoms with Gasteiger partial charge < -0.3 is 9.51 Å². The van der Waals surface area contributed by atoms with Crippen molar-refractivity contribution in [2.75, 3.05) is 0 Å². The molecule has 2 aromatic carbocycles. The lowest BCUT2D eigenvalue weighted by Crippen LogP contribution is -2.08. The van der Waals surface area contributed by atoms with Crippen molar-refractivity contribution in [3.05, 3.63) is 76.7 Å². The van der Waals surface area contributed by atoms with Gasteiger partial charge in [-0.15, -0.1) is 0 Å². The van der Waals surface area contributed by atoms with Gasteiger partial charge in [0.05, 0.1) is 16.6 Å². The van der Waals surface area contributed by atoms with Crippen LogP contribution in [0.3, 0.4) is 0 Å². The van der Waals surface area contributed by atoms with E-state index in [2.05, 4.69) is 15.1 Å². The summed E-state index contributed by atoms with van der Waals surface area (Å²) in [5.74, 6) is 1.30. The number of fused-ring (bicyclic) bond motifs is 1. The molecule has 0 aliphatic rings. The van der Waals surface area contributed by atoms with Crippen LogP contribution in [0, 0.1) is 0 Å². The van der Waals surface area contributed by atoms with Gasteiger partial charge >= 0.3 is 0 Å². The highest BCUT2D eigenvalue weighted by Crippen LogP contribution is 2.24. The molecule has 0 atom stereocenters. The number of para-hydroxylation sites is 1. The Labute approximate surface area is 141 Å². The third kappa shape index (κ3) is 2.96. The Balaban J connectivity index is 1.53. The van der Waals surface area contributed by atoms with E-state index in [1.54, 1.807) is 6.07 Å². The standard InChI is InChI=1S/C18H13N3O2S/c22-17-14-8-4-5-9-15(14)19-18(20-17)24-11-13-10-16(23-21-13)12-6-2-1-3-7-12/h1-10H,11H2,(H,19,20,22). The van der Waals surface area contributed by atoms with Crippen LogP contribution in [0.25, 0.3) is 22.2 Å². The summed E-state index contributed by atoms with van der Waals surface area (Å²) in [5.41, 5.74) is 2.34. The van der Waals surface area contributed by atoms with Gasteiger partial charge in [0, 0.05) is 17.4 Å². The lowest BCUT2D eigenvalue weighted by molar-refractivity contribution is 0.426. The maximum Gasteiger partial charge on any atom is 0.259 e. The minimum absolute atomic E-state index is 0.131. The Bertz CT molecular complexity index is 1040. The molecule has 4 aromatic rings. The Hall–Kier alpha value is -2.86. The largest absolute Gasteiger partial charge is 0.356 e. The van der Waals surface area contributed by atoms with Gasteiger partial charge in [-0.25, -0.2) is 4.98 Å². The predicted octanol–water partition coefficient (Wildman–Crippen LogP) is 3.87. The molecule has 0 bridgehead atoms. The van der Waals surface area contributed by atoms with Crippen molar-refractivity contribution >= 4 is 22.7 Å². The molecule has 0 saturated heterocycles. The van der Waals surface area contributed by atoms with Gasteiger partial charge in [0.15, 0.2) is 10.9 Å². The molecular weight excluding hydrogens is 322 g/mol. The predicted molar refractivity (Wildman–Crippen MR) is 93.9 cm³/mol. The first-order valence-electron chi connectivity index (χ1n) is 7.42. The van der Waals surface area contributed by atoms with Crippen molar-refractivity contribution < 1.29 is 4.52 Å². The highest BCUT2D eigenvalue weighted by Gasteiger charge is 2.09. The minimum Gasteiger partial charge on any atom is -0.356 e. The van der Waals surface area contributed by atoms with E-state index < -0.39 is 0 Å². The zero-order valence-electron chi connectivity index (χ0n) is 12.6. The third-order valence-corrected chi connectivity index (χ3v) is 4.47. The van der Waals surface area contributed by atoms with Crippen LogP contribution in [0.2, 0.25) is 0 Å². The van der Waals surface area contributed by atoms with Crippen LogP contribution in [0.1, 0.15) is 5.69 Å². The molecular formula is C18H13N3O2S. The topological polar surface area (TPSA) is 71.8 Å². The number of thioether (sulfide) groups is 1.